The van der Waals surface area contributed by atoms with Gasteiger partial charge in [0.1, 0.15) is 11.8 Å². The van der Waals surface area contributed by atoms with Gasteiger partial charge in [0.15, 0.2) is 0 Å². The standard InChI is InChI=1S/C30H25ClN2O2S/c31-26-13-8-14-27(29(26)36-28-15-5-4-12-24(28)21-32)33-30(34)23-16-18-25(19-17-23)35-20-7-6-11-22-9-2-1-3-10-22/h1-5,8-10,12-19H,6-7,11,20H2,(H,33,34). The lowest BCUT2D eigenvalue weighted by Gasteiger charge is -2.13. The fraction of sp³-hybridized carbons (Fsp3) is 0.133. The molecule has 0 fully saturated rings. The Hall–Kier alpha value is -3.72. The third kappa shape index (κ3) is 6.91. The van der Waals surface area contributed by atoms with E-state index in [2.05, 4.69) is 35.7 Å². The van der Waals surface area contributed by atoms with Crippen molar-refractivity contribution in [1.82, 2.24) is 0 Å². The summed E-state index contributed by atoms with van der Waals surface area (Å²) in [6, 6.07) is 32.4. The molecule has 0 aromatic heterocycles. The second-order valence-corrected chi connectivity index (χ2v) is 9.56. The first-order valence-electron chi connectivity index (χ1n) is 11.7. The van der Waals surface area contributed by atoms with Crippen LogP contribution in [-0.2, 0) is 6.42 Å². The van der Waals surface area contributed by atoms with E-state index in [1.165, 1.54) is 17.3 Å². The largest absolute Gasteiger partial charge is 0.494 e. The van der Waals surface area contributed by atoms with Gasteiger partial charge in [-0.2, -0.15) is 5.26 Å². The number of hydrogen-bond acceptors (Lipinski definition) is 4. The highest BCUT2D eigenvalue weighted by Gasteiger charge is 2.15. The van der Waals surface area contributed by atoms with Crippen molar-refractivity contribution in [2.24, 2.45) is 0 Å². The van der Waals surface area contributed by atoms with Gasteiger partial charge in [0.05, 0.1) is 27.8 Å². The fourth-order valence-corrected chi connectivity index (χ4v) is 4.91. The molecule has 0 aliphatic carbocycles. The summed E-state index contributed by atoms with van der Waals surface area (Å²) in [6.45, 7) is 0.631. The maximum absolute atomic E-state index is 12.9. The summed E-state index contributed by atoms with van der Waals surface area (Å²) < 4.78 is 5.84. The van der Waals surface area contributed by atoms with Crippen LogP contribution < -0.4 is 10.1 Å². The summed E-state index contributed by atoms with van der Waals surface area (Å²) in [5, 5.41) is 12.9. The first-order valence-corrected chi connectivity index (χ1v) is 12.9. The molecular formula is C30H25ClN2O2S. The van der Waals surface area contributed by atoms with E-state index in [1.54, 1.807) is 36.4 Å². The van der Waals surface area contributed by atoms with Crippen molar-refractivity contribution in [3.63, 3.8) is 0 Å². The average molecular weight is 513 g/mol. The Bertz CT molecular complexity index is 1350. The summed E-state index contributed by atoms with van der Waals surface area (Å²) >= 11 is 7.81. The van der Waals surface area contributed by atoms with Crippen molar-refractivity contribution in [1.29, 1.82) is 5.26 Å². The molecule has 0 saturated carbocycles. The Morgan fingerprint density at radius 1 is 0.889 bits per heavy atom. The lowest BCUT2D eigenvalue weighted by Crippen LogP contribution is -2.12. The molecule has 6 heteroatoms. The number of ether oxygens (including phenoxy) is 1. The molecule has 4 aromatic carbocycles. The number of carbonyl (C=O) groups excluding carboxylic acids is 1. The zero-order valence-electron chi connectivity index (χ0n) is 19.6. The van der Waals surface area contributed by atoms with Crippen LogP contribution in [0.1, 0.15) is 34.3 Å². The average Bonchev–Trinajstić information content (AvgIpc) is 2.91. The minimum Gasteiger partial charge on any atom is -0.494 e. The minimum absolute atomic E-state index is 0.248. The van der Waals surface area contributed by atoms with Crippen molar-refractivity contribution in [3.05, 3.63) is 119 Å². The number of halogens is 1. The molecule has 1 amide bonds. The zero-order valence-corrected chi connectivity index (χ0v) is 21.2. The monoisotopic (exact) mass is 512 g/mol. The Labute approximate surface area is 220 Å². The zero-order chi connectivity index (χ0) is 25.2. The van der Waals surface area contributed by atoms with E-state index in [-0.39, 0.29) is 5.91 Å². The topological polar surface area (TPSA) is 62.1 Å². The van der Waals surface area contributed by atoms with Gasteiger partial charge in [-0.05, 0) is 73.4 Å². The van der Waals surface area contributed by atoms with E-state index >= 15 is 0 Å². The van der Waals surface area contributed by atoms with Crippen LogP contribution in [0.15, 0.2) is 107 Å². The predicted octanol–water partition coefficient (Wildman–Crippen LogP) is 8.02. The van der Waals surface area contributed by atoms with Gasteiger partial charge in [-0.25, -0.2) is 0 Å². The number of rotatable bonds is 10. The van der Waals surface area contributed by atoms with E-state index in [1.807, 2.05) is 36.4 Å². The van der Waals surface area contributed by atoms with Crippen molar-refractivity contribution in [3.8, 4) is 11.8 Å². The molecule has 0 spiro atoms. The fourth-order valence-electron chi connectivity index (χ4n) is 3.63. The molecule has 0 saturated heterocycles. The Balaban J connectivity index is 1.34. The quantitative estimate of drug-likeness (QED) is 0.218. The number of nitrogens with one attached hydrogen (secondary N) is 1. The summed E-state index contributed by atoms with van der Waals surface area (Å²) in [5.41, 5.74) is 2.99. The lowest BCUT2D eigenvalue weighted by atomic mass is 10.1. The number of aryl methyl sites for hydroxylation is 1. The predicted molar refractivity (Wildman–Crippen MR) is 146 cm³/mol. The number of amides is 1. The summed E-state index contributed by atoms with van der Waals surface area (Å²) in [6.07, 6.45) is 3.06. The Kier molecular flexibility index (Phi) is 9.04. The van der Waals surface area contributed by atoms with Crippen molar-refractivity contribution in [2.75, 3.05) is 11.9 Å². The summed E-state index contributed by atoms with van der Waals surface area (Å²) in [7, 11) is 0. The van der Waals surface area contributed by atoms with Gasteiger partial charge in [-0.15, -0.1) is 0 Å². The normalized spacial score (nSPS) is 10.4. The SMILES string of the molecule is N#Cc1ccccc1Sc1c(Cl)cccc1NC(=O)c1ccc(OCCCCc2ccccc2)cc1. The van der Waals surface area contributed by atoms with Crippen LogP contribution in [0.25, 0.3) is 0 Å². The molecular weight excluding hydrogens is 488 g/mol. The highest BCUT2D eigenvalue weighted by molar-refractivity contribution is 7.99. The minimum atomic E-state index is -0.248. The number of unbranched alkanes of at least 4 members (excludes halogenated alkanes) is 1. The number of nitriles is 1. The number of nitrogens with zero attached hydrogens (tertiary/aromatic N) is 1. The number of hydrogen-bond donors (Lipinski definition) is 1. The number of benzene rings is 4. The molecule has 0 bridgehead atoms. The van der Waals surface area contributed by atoms with Crippen LogP contribution in [-0.4, -0.2) is 12.5 Å². The highest BCUT2D eigenvalue weighted by Crippen LogP contribution is 2.40. The maximum atomic E-state index is 12.9. The lowest BCUT2D eigenvalue weighted by molar-refractivity contribution is 0.102. The van der Waals surface area contributed by atoms with E-state index < -0.39 is 0 Å². The van der Waals surface area contributed by atoms with Crippen LogP contribution in [0, 0.1) is 11.3 Å². The number of anilines is 1. The van der Waals surface area contributed by atoms with Gasteiger partial charge in [0.25, 0.3) is 5.91 Å². The highest BCUT2D eigenvalue weighted by atomic mass is 35.5. The van der Waals surface area contributed by atoms with Crippen LogP contribution >= 0.6 is 23.4 Å². The molecule has 4 nitrogen and oxygen atoms in total. The van der Waals surface area contributed by atoms with Crippen molar-refractivity contribution >= 4 is 35.0 Å². The smallest absolute Gasteiger partial charge is 0.255 e. The molecule has 4 rings (SSSR count). The van der Waals surface area contributed by atoms with E-state index in [4.69, 9.17) is 16.3 Å². The third-order valence-electron chi connectivity index (χ3n) is 5.52. The van der Waals surface area contributed by atoms with Crippen molar-refractivity contribution in [2.45, 2.75) is 29.1 Å². The molecule has 0 radical (unpaired) electrons. The second-order valence-electron chi connectivity index (χ2n) is 8.10. The van der Waals surface area contributed by atoms with Crippen LogP contribution in [0.5, 0.6) is 5.75 Å². The molecule has 180 valence electrons. The summed E-state index contributed by atoms with van der Waals surface area (Å²) in [4.78, 5) is 14.4. The molecule has 0 heterocycles. The first kappa shape index (κ1) is 25.4. The maximum Gasteiger partial charge on any atom is 0.255 e. The molecule has 0 atom stereocenters. The Morgan fingerprint density at radius 3 is 2.42 bits per heavy atom. The van der Waals surface area contributed by atoms with Gasteiger partial charge in [-0.1, -0.05) is 71.9 Å². The van der Waals surface area contributed by atoms with Crippen LogP contribution in [0.2, 0.25) is 5.02 Å². The molecule has 1 N–H and O–H groups in total. The third-order valence-corrected chi connectivity index (χ3v) is 7.17. The van der Waals surface area contributed by atoms with Crippen LogP contribution in [0.4, 0.5) is 5.69 Å². The molecule has 0 unspecified atom stereocenters. The molecule has 4 aromatic rings. The van der Waals surface area contributed by atoms with Gasteiger partial charge >= 0.3 is 0 Å². The molecule has 0 aliphatic heterocycles. The van der Waals surface area contributed by atoms with E-state index in [0.717, 1.165) is 29.9 Å². The first-order chi connectivity index (χ1) is 17.6. The van der Waals surface area contributed by atoms with Gasteiger partial charge < -0.3 is 10.1 Å². The van der Waals surface area contributed by atoms with Crippen LogP contribution in [0.3, 0.4) is 0 Å². The van der Waals surface area contributed by atoms with Gasteiger partial charge in [0.2, 0.25) is 0 Å². The Morgan fingerprint density at radius 2 is 1.64 bits per heavy atom. The van der Waals surface area contributed by atoms with Crippen molar-refractivity contribution < 1.29 is 9.53 Å². The van der Waals surface area contributed by atoms with E-state index in [0.29, 0.717) is 33.3 Å². The summed E-state index contributed by atoms with van der Waals surface area (Å²) in [5.74, 6) is 0.487. The molecule has 36 heavy (non-hydrogen) atoms. The van der Waals surface area contributed by atoms with E-state index in [9.17, 15) is 10.1 Å². The number of carbonyl (C=O) groups is 1. The molecule has 0 aliphatic rings. The van der Waals surface area contributed by atoms with Gasteiger partial charge in [-0.3, -0.25) is 4.79 Å². The van der Waals surface area contributed by atoms with Gasteiger partial charge in [0, 0.05) is 10.5 Å². The second kappa shape index (κ2) is 12.8.